The van der Waals surface area contributed by atoms with E-state index in [0.717, 1.165) is 51.5 Å². The molecule has 0 aliphatic carbocycles. The molecule has 2 saturated heterocycles. The second-order valence-corrected chi connectivity index (χ2v) is 7.41. The minimum atomic E-state index is 0.251. The highest BCUT2D eigenvalue weighted by atomic mass is 16.5. The topological polar surface area (TPSA) is 53.8 Å². The zero-order valence-electron chi connectivity index (χ0n) is 15.0. The molecule has 1 amide bonds. The summed E-state index contributed by atoms with van der Waals surface area (Å²) in [7, 11) is 0. The summed E-state index contributed by atoms with van der Waals surface area (Å²) in [4.78, 5) is 20.0. The molecule has 0 N–H and O–H groups in total. The van der Waals surface area contributed by atoms with Gasteiger partial charge in [0.1, 0.15) is 0 Å². The quantitative estimate of drug-likeness (QED) is 0.790. The number of aromatic nitrogens is 2. The van der Waals surface area contributed by atoms with Crippen molar-refractivity contribution in [2.75, 3.05) is 52.5 Å². The van der Waals surface area contributed by atoms with Crippen LogP contribution in [0.1, 0.15) is 25.0 Å². The Balaban J connectivity index is 1.47. The van der Waals surface area contributed by atoms with Crippen LogP contribution >= 0.6 is 0 Å². The van der Waals surface area contributed by atoms with Crippen molar-refractivity contribution < 1.29 is 9.53 Å². The minimum Gasteiger partial charge on any atom is -0.379 e. The Bertz CT molecular complexity index is 578. The molecule has 25 heavy (non-hydrogen) atoms. The van der Waals surface area contributed by atoms with Crippen LogP contribution in [0.25, 0.3) is 0 Å². The van der Waals surface area contributed by atoms with Gasteiger partial charge in [0, 0.05) is 38.4 Å². The molecule has 4 heterocycles. The molecule has 0 spiro atoms. The lowest BCUT2D eigenvalue weighted by atomic mass is 10.1. The van der Waals surface area contributed by atoms with E-state index in [1.54, 1.807) is 0 Å². The van der Waals surface area contributed by atoms with Gasteiger partial charge in [0.2, 0.25) is 5.91 Å². The molecule has 2 fully saturated rings. The summed E-state index contributed by atoms with van der Waals surface area (Å²) < 4.78 is 7.48. The fourth-order valence-electron chi connectivity index (χ4n) is 4.21. The van der Waals surface area contributed by atoms with Crippen LogP contribution in [0.5, 0.6) is 0 Å². The first-order valence-corrected chi connectivity index (χ1v) is 9.62. The van der Waals surface area contributed by atoms with Crippen LogP contribution in [-0.2, 0) is 22.6 Å². The summed E-state index contributed by atoms with van der Waals surface area (Å²) in [6.45, 7) is 8.62. The molecule has 1 atom stereocenters. The van der Waals surface area contributed by atoms with Crippen LogP contribution in [-0.4, -0.2) is 88.9 Å². The van der Waals surface area contributed by atoms with Crippen molar-refractivity contribution in [2.45, 2.75) is 38.4 Å². The van der Waals surface area contributed by atoms with Crippen molar-refractivity contribution in [3.8, 4) is 0 Å². The fourth-order valence-corrected chi connectivity index (χ4v) is 4.21. The monoisotopic (exact) mass is 347 g/mol. The standard InChI is InChI=1S/C18H29N5O2/c24-18(15-21-9-11-25-12-10-21)22-14-17-3-5-19-23(17)8-4-16(22)13-20-6-1-2-7-20/h3,5,16H,1-2,4,6-15H2. The fraction of sp³-hybridized carbons (Fsp3) is 0.778. The van der Waals surface area contributed by atoms with E-state index in [2.05, 4.69) is 24.5 Å². The Morgan fingerprint density at radius 2 is 1.92 bits per heavy atom. The van der Waals surface area contributed by atoms with E-state index < -0.39 is 0 Å². The van der Waals surface area contributed by atoms with Gasteiger partial charge in [-0.1, -0.05) is 0 Å². The van der Waals surface area contributed by atoms with Crippen molar-refractivity contribution in [3.63, 3.8) is 0 Å². The molecular weight excluding hydrogens is 318 g/mol. The molecule has 0 aromatic carbocycles. The second-order valence-electron chi connectivity index (χ2n) is 7.41. The van der Waals surface area contributed by atoms with Crippen molar-refractivity contribution in [1.82, 2.24) is 24.5 Å². The number of fused-ring (bicyclic) bond motifs is 1. The maximum Gasteiger partial charge on any atom is 0.237 e. The van der Waals surface area contributed by atoms with Gasteiger partial charge in [-0.3, -0.25) is 14.4 Å². The molecule has 4 rings (SSSR count). The zero-order chi connectivity index (χ0) is 17.1. The van der Waals surface area contributed by atoms with Crippen LogP contribution < -0.4 is 0 Å². The number of carbonyl (C=O) groups excluding carboxylic acids is 1. The van der Waals surface area contributed by atoms with Crippen LogP contribution in [0, 0.1) is 0 Å². The smallest absolute Gasteiger partial charge is 0.237 e. The van der Waals surface area contributed by atoms with E-state index in [-0.39, 0.29) is 11.9 Å². The average molecular weight is 347 g/mol. The van der Waals surface area contributed by atoms with Crippen molar-refractivity contribution in [2.24, 2.45) is 0 Å². The normalized spacial score (nSPS) is 25.8. The van der Waals surface area contributed by atoms with Gasteiger partial charge in [0.15, 0.2) is 0 Å². The molecule has 0 saturated carbocycles. The molecule has 7 nitrogen and oxygen atoms in total. The second kappa shape index (κ2) is 7.85. The molecule has 3 aliphatic heterocycles. The first-order valence-electron chi connectivity index (χ1n) is 9.62. The Morgan fingerprint density at radius 3 is 2.72 bits per heavy atom. The summed E-state index contributed by atoms with van der Waals surface area (Å²) >= 11 is 0. The number of likely N-dealkylation sites (tertiary alicyclic amines) is 1. The Morgan fingerprint density at radius 1 is 1.12 bits per heavy atom. The number of hydrogen-bond acceptors (Lipinski definition) is 5. The molecule has 1 aromatic heterocycles. The SMILES string of the molecule is O=C(CN1CCOCC1)N1Cc2ccnn2CCC1CN1CCCC1. The van der Waals surface area contributed by atoms with Crippen molar-refractivity contribution >= 4 is 5.91 Å². The highest BCUT2D eigenvalue weighted by Gasteiger charge is 2.31. The molecular formula is C18H29N5O2. The predicted octanol–water partition coefficient (Wildman–Crippen LogP) is 0.412. The van der Waals surface area contributed by atoms with Gasteiger partial charge < -0.3 is 14.5 Å². The first-order chi connectivity index (χ1) is 12.3. The van der Waals surface area contributed by atoms with Gasteiger partial charge in [-0.2, -0.15) is 5.10 Å². The Kier molecular flexibility index (Phi) is 5.33. The number of carbonyl (C=O) groups is 1. The maximum atomic E-state index is 13.1. The Hall–Kier alpha value is -1.44. The van der Waals surface area contributed by atoms with E-state index in [0.29, 0.717) is 13.1 Å². The molecule has 0 radical (unpaired) electrons. The number of nitrogens with zero attached hydrogens (tertiary/aromatic N) is 5. The highest BCUT2D eigenvalue weighted by molar-refractivity contribution is 5.78. The first kappa shape index (κ1) is 17.0. The number of hydrogen-bond donors (Lipinski definition) is 0. The van der Waals surface area contributed by atoms with Gasteiger partial charge >= 0.3 is 0 Å². The predicted molar refractivity (Wildman–Crippen MR) is 94.1 cm³/mol. The molecule has 7 heteroatoms. The van der Waals surface area contributed by atoms with Crippen molar-refractivity contribution in [1.29, 1.82) is 0 Å². The number of ether oxygens (including phenoxy) is 1. The van der Waals surface area contributed by atoms with Crippen LogP contribution in [0.15, 0.2) is 12.3 Å². The van der Waals surface area contributed by atoms with Crippen molar-refractivity contribution in [3.05, 3.63) is 18.0 Å². The van der Waals surface area contributed by atoms with Gasteiger partial charge in [0.05, 0.1) is 32.0 Å². The van der Waals surface area contributed by atoms with E-state index in [1.807, 2.05) is 12.3 Å². The molecule has 3 aliphatic rings. The van der Waals surface area contributed by atoms with Gasteiger partial charge in [0.25, 0.3) is 0 Å². The van der Waals surface area contributed by atoms with Gasteiger partial charge in [-0.05, 0) is 38.4 Å². The lowest BCUT2D eigenvalue weighted by molar-refractivity contribution is -0.137. The Labute approximate surface area is 149 Å². The molecule has 138 valence electrons. The minimum absolute atomic E-state index is 0.251. The van der Waals surface area contributed by atoms with Crippen LogP contribution in [0.2, 0.25) is 0 Å². The van der Waals surface area contributed by atoms with E-state index in [1.165, 1.54) is 25.9 Å². The third-order valence-electron chi connectivity index (χ3n) is 5.70. The third-order valence-corrected chi connectivity index (χ3v) is 5.70. The molecule has 0 bridgehead atoms. The maximum absolute atomic E-state index is 13.1. The van der Waals surface area contributed by atoms with E-state index in [9.17, 15) is 4.79 Å². The zero-order valence-corrected chi connectivity index (χ0v) is 15.0. The number of morpholine rings is 1. The molecule has 1 aromatic rings. The summed E-state index contributed by atoms with van der Waals surface area (Å²) in [5, 5.41) is 4.43. The van der Waals surface area contributed by atoms with Gasteiger partial charge in [-0.25, -0.2) is 0 Å². The molecule has 1 unspecified atom stereocenters. The van der Waals surface area contributed by atoms with Gasteiger partial charge in [-0.15, -0.1) is 0 Å². The largest absolute Gasteiger partial charge is 0.379 e. The summed E-state index contributed by atoms with van der Waals surface area (Å²) in [6, 6.07) is 2.33. The van der Waals surface area contributed by atoms with E-state index in [4.69, 9.17) is 4.74 Å². The summed E-state index contributed by atoms with van der Waals surface area (Å²) in [5.41, 5.74) is 1.15. The lowest BCUT2D eigenvalue weighted by Gasteiger charge is -2.35. The van der Waals surface area contributed by atoms with Crippen LogP contribution in [0.3, 0.4) is 0 Å². The summed E-state index contributed by atoms with van der Waals surface area (Å²) in [6.07, 6.45) is 5.41. The number of rotatable bonds is 4. The van der Waals surface area contributed by atoms with Crippen LogP contribution in [0.4, 0.5) is 0 Å². The average Bonchev–Trinajstić information content (AvgIpc) is 3.26. The summed E-state index contributed by atoms with van der Waals surface area (Å²) in [5.74, 6) is 0.251. The number of aryl methyl sites for hydroxylation is 1. The lowest BCUT2D eigenvalue weighted by Crippen LogP contribution is -2.50. The van der Waals surface area contributed by atoms with E-state index >= 15 is 0 Å². The third kappa shape index (κ3) is 4.04. The number of amides is 1. The highest BCUT2D eigenvalue weighted by Crippen LogP contribution is 2.20.